The zero-order valence-electron chi connectivity index (χ0n) is 5.75. The molecule has 0 spiro atoms. The zero-order valence-corrected chi connectivity index (χ0v) is 10.2. The molecule has 63 valence electrons. The number of halogens is 5. The average molecular weight is 267 g/mol. The molecule has 12 heavy (non-hydrogen) atoms. The van der Waals surface area contributed by atoms with Crippen molar-refractivity contribution in [3.8, 4) is 0 Å². The van der Waals surface area contributed by atoms with E-state index in [1.165, 1.54) is 0 Å². The van der Waals surface area contributed by atoms with Crippen LogP contribution < -0.4 is 0 Å². The summed E-state index contributed by atoms with van der Waals surface area (Å²) < 4.78 is 35.8. The van der Waals surface area contributed by atoms with Crippen LogP contribution >= 0.6 is 19.4 Å². The monoisotopic (exact) mass is 265 g/mol. The molecule has 0 saturated carbocycles. The van der Waals surface area contributed by atoms with E-state index in [4.69, 9.17) is 19.4 Å². The van der Waals surface area contributed by atoms with E-state index >= 15 is 0 Å². The molecule has 0 aliphatic heterocycles. The molecular formula is C6H2Cl2F3Zn. The van der Waals surface area contributed by atoms with Crippen LogP contribution in [0.25, 0.3) is 0 Å². The molecule has 0 amide bonds. The van der Waals surface area contributed by atoms with Gasteiger partial charge in [0.05, 0.1) is 0 Å². The summed E-state index contributed by atoms with van der Waals surface area (Å²) in [4.78, 5) is 0. The summed E-state index contributed by atoms with van der Waals surface area (Å²) in [6.45, 7) is 0. The second-order valence-corrected chi connectivity index (χ2v) is 6.19. The molecule has 0 N–H and O–H groups in total. The fourth-order valence-electron chi connectivity index (χ4n) is 0.429. The van der Waals surface area contributed by atoms with Crippen LogP contribution in [0.2, 0.25) is 0 Å². The second kappa shape index (κ2) is 6.70. The van der Waals surface area contributed by atoms with Crippen molar-refractivity contribution in [3.63, 3.8) is 0 Å². The van der Waals surface area contributed by atoms with E-state index in [-0.39, 0.29) is 0 Å². The Morgan fingerprint density at radius 3 is 1.67 bits per heavy atom. The third kappa shape index (κ3) is 4.29. The van der Waals surface area contributed by atoms with Crippen LogP contribution in [-0.4, -0.2) is 0 Å². The summed E-state index contributed by atoms with van der Waals surface area (Å²) in [5.74, 6) is -3.88. The van der Waals surface area contributed by atoms with Crippen molar-refractivity contribution in [3.05, 3.63) is 35.7 Å². The van der Waals surface area contributed by atoms with Crippen molar-refractivity contribution in [2.45, 2.75) is 0 Å². The van der Waals surface area contributed by atoms with Crippen molar-refractivity contribution in [2.75, 3.05) is 0 Å². The van der Waals surface area contributed by atoms with Gasteiger partial charge in [-0.2, -0.15) is 0 Å². The molecule has 1 rings (SSSR count). The fourth-order valence-corrected chi connectivity index (χ4v) is 0.429. The normalized spacial score (nSPS) is 8.08. The van der Waals surface area contributed by atoms with E-state index in [2.05, 4.69) is 6.07 Å². The maximum atomic E-state index is 12.0. The Morgan fingerprint density at radius 2 is 1.42 bits per heavy atom. The van der Waals surface area contributed by atoms with Crippen LogP contribution in [0, 0.1) is 23.5 Å². The van der Waals surface area contributed by atoms with E-state index < -0.39 is 32.6 Å². The summed E-state index contributed by atoms with van der Waals surface area (Å²) in [7, 11) is 9.90. The van der Waals surface area contributed by atoms with Gasteiger partial charge in [-0.1, -0.05) is 0 Å². The van der Waals surface area contributed by atoms with Gasteiger partial charge in [0.1, 0.15) is 0 Å². The second-order valence-electron chi connectivity index (χ2n) is 1.57. The summed E-state index contributed by atoms with van der Waals surface area (Å²) in [5.41, 5.74) is 0. The third-order valence-corrected chi connectivity index (χ3v) is 0.839. The molecule has 1 aromatic rings. The van der Waals surface area contributed by atoms with Crippen LogP contribution in [-0.2, 0) is 15.1 Å². The molecule has 6 heteroatoms. The van der Waals surface area contributed by atoms with Gasteiger partial charge in [-0.15, -0.1) is 0 Å². The van der Waals surface area contributed by atoms with Crippen LogP contribution in [0.1, 0.15) is 0 Å². The zero-order chi connectivity index (χ0) is 9.56. The van der Waals surface area contributed by atoms with Crippen molar-refractivity contribution in [2.24, 2.45) is 0 Å². The van der Waals surface area contributed by atoms with E-state index in [9.17, 15) is 13.2 Å². The summed E-state index contributed by atoms with van der Waals surface area (Å²) in [6, 6.07) is 3.55. The molecular weight excluding hydrogens is 265 g/mol. The number of hydrogen-bond acceptors (Lipinski definition) is 0. The maximum absolute atomic E-state index is 12.0. The van der Waals surface area contributed by atoms with Crippen LogP contribution in [0.3, 0.4) is 0 Å². The van der Waals surface area contributed by atoms with Gasteiger partial charge in [-0.05, 0) is 18.2 Å². The number of rotatable bonds is 0. The van der Waals surface area contributed by atoms with E-state index in [0.717, 1.165) is 12.1 Å². The molecule has 1 radical (unpaired) electrons. The molecule has 0 bridgehead atoms. The van der Waals surface area contributed by atoms with Crippen molar-refractivity contribution < 1.29 is 28.3 Å². The quantitative estimate of drug-likeness (QED) is 0.500. The Bertz CT molecular complexity index is 224. The van der Waals surface area contributed by atoms with Gasteiger partial charge < -0.3 is 0 Å². The van der Waals surface area contributed by atoms with E-state index in [1.54, 1.807) is 0 Å². The number of benzene rings is 1. The minimum atomic E-state index is -1.45. The van der Waals surface area contributed by atoms with Gasteiger partial charge in [0, 0.05) is 0 Å². The molecule has 0 saturated heterocycles. The van der Waals surface area contributed by atoms with Crippen molar-refractivity contribution in [1.82, 2.24) is 0 Å². The van der Waals surface area contributed by atoms with Gasteiger partial charge in [-0.3, -0.25) is 0 Å². The van der Waals surface area contributed by atoms with Crippen molar-refractivity contribution in [1.29, 1.82) is 0 Å². The predicted molar refractivity (Wildman–Crippen MR) is 36.9 cm³/mol. The first-order valence-electron chi connectivity index (χ1n) is 2.76. The first-order chi connectivity index (χ1) is 5.63. The Labute approximate surface area is 83.4 Å². The van der Waals surface area contributed by atoms with Crippen LogP contribution in [0.15, 0.2) is 12.1 Å². The molecule has 1 aromatic carbocycles. The van der Waals surface area contributed by atoms with E-state index in [0.29, 0.717) is 0 Å². The topological polar surface area (TPSA) is 0 Å². The van der Waals surface area contributed by atoms with Gasteiger partial charge in [-0.25, -0.2) is 13.2 Å². The van der Waals surface area contributed by atoms with Gasteiger partial charge in [0.25, 0.3) is 0 Å². The van der Waals surface area contributed by atoms with Crippen molar-refractivity contribution >= 4 is 19.4 Å². The third-order valence-electron chi connectivity index (χ3n) is 0.839. The number of hydrogen-bond donors (Lipinski definition) is 0. The molecule has 0 heterocycles. The molecule has 0 nitrogen and oxygen atoms in total. The Kier molecular flexibility index (Phi) is 6.82. The Morgan fingerprint density at radius 1 is 1.08 bits per heavy atom. The molecule has 0 fully saturated rings. The fraction of sp³-hybridized carbons (Fsp3) is 0. The molecule has 0 unspecified atom stereocenters. The summed E-state index contributed by atoms with van der Waals surface area (Å²) in [6.07, 6.45) is 0. The Balaban J connectivity index is 0.000000354. The molecule has 0 atom stereocenters. The SMILES string of the molecule is Fc1c[c]cc(F)c1F.[Cl][Zn][Cl]. The minimum absolute atomic E-state index is 0.735. The molecule has 0 aliphatic carbocycles. The summed E-state index contributed by atoms with van der Waals surface area (Å²) >= 11 is -0.931. The first kappa shape index (κ1) is 12.2. The predicted octanol–water partition coefficient (Wildman–Crippen LogP) is 3.28. The molecule has 0 aromatic heterocycles. The first-order valence-corrected chi connectivity index (χ1v) is 10.6. The van der Waals surface area contributed by atoms with Gasteiger partial charge >= 0.3 is 34.5 Å². The van der Waals surface area contributed by atoms with Crippen LogP contribution in [0.5, 0.6) is 0 Å². The molecule has 0 aliphatic rings. The van der Waals surface area contributed by atoms with Gasteiger partial charge in [0.15, 0.2) is 17.5 Å². The van der Waals surface area contributed by atoms with E-state index in [1.807, 2.05) is 0 Å². The van der Waals surface area contributed by atoms with Gasteiger partial charge in [0.2, 0.25) is 0 Å². The summed E-state index contributed by atoms with van der Waals surface area (Å²) in [5, 5.41) is 0. The van der Waals surface area contributed by atoms with Crippen LogP contribution in [0.4, 0.5) is 13.2 Å². The average Bonchev–Trinajstić information content (AvgIpc) is 2.02. The standard InChI is InChI=1S/C6H2F3.2ClH.Zn/c7-4-2-1-3-5(8)6(4)9;;;/h2-3H;2*1H;/q;;;+2/p-2. The Hall–Kier alpha value is 0.213.